The van der Waals surface area contributed by atoms with Crippen LogP contribution in [-0.4, -0.2) is 48.5 Å². The highest BCUT2D eigenvalue weighted by Crippen LogP contribution is 2.22. The molecule has 2 heterocycles. The van der Waals surface area contributed by atoms with Gasteiger partial charge in [0.05, 0.1) is 12.7 Å². The van der Waals surface area contributed by atoms with Crippen molar-refractivity contribution in [2.24, 2.45) is 4.99 Å². The Morgan fingerprint density at radius 2 is 2.16 bits per heavy atom. The number of nitrogens with zero attached hydrogens (tertiary/aromatic N) is 4. The van der Waals surface area contributed by atoms with Gasteiger partial charge < -0.3 is 15.5 Å². The maximum Gasteiger partial charge on any atom is 0.191 e. The number of guanidine groups is 1. The van der Waals surface area contributed by atoms with E-state index in [1.165, 1.54) is 11.3 Å². The van der Waals surface area contributed by atoms with Crippen molar-refractivity contribution < 1.29 is 0 Å². The average Bonchev–Trinajstić information content (AvgIpc) is 3.24. The Labute approximate surface area is 157 Å². The Kier molecular flexibility index (Phi) is 5.96. The van der Waals surface area contributed by atoms with Gasteiger partial charge in [0, 0.05) is 49.1 Å². The van der Waals surface area contributed by atoms with E-state index in [0.717, 1.165) is 43.0 Å². The first-order chi connectivity index (χ1) is 12.1. The summed E-state index contributed by atoms with van der Waals surface area (Å²) in [5, 5.41) is 11.2. The van der Waals surface area contributed by atoms with Gasteiger partial charge in [0.2, 0.25) is 0 Å². The van der Waals surface area contributed by atoms with E-state index in [1.807, 2.05) is 24.1 Å². The zero-order valence-corrected chi connectivity index (χ0v) is 16.3. The molecule has 0 aliphatic carbocycles. The summed E-state index contributed by atoms with van der Waals surface area (Å²) in [6, 6.07) is 8.90. The van der Waals surface area contributed by atoms with Gasteiger partial charge in [-0.3, -0.25) is 9.67 Å². The summed E-state index contributed by atoms with van der Waals surface area (Å²) in [6.45, 7) is 5.71. The van der Waals surface area contributed by atoms with Crippen molar-refractivity contribution in [3.8, 4) is 0 Å². The molecule has 134 valence electrons. The lowest BCUT2D eigenvalue weighted by molar-refractivity contribution is 0.587. The van der Waals surface area contributed by atoms with Gasteiger partial charge in [-0.15, -0.1) is 0 Å². The molecule has 3 rings (SSSR count). The van der Waals surface area contributed by atoms with Crippen LogP contribution in [0.25, 0.3) is 0 Å². The third-order valence-electron chi connectivity index (χ3n) is 4.34. The first-order valence-corrected chi connectivity index (χ1v) is 9.40. The molecule has 1 atom stereocenters. The van der Waals surface area contributed by atoms with E-state index in [4.69, 9.17) is 0 Å². The lowest BCUT2D eigenvalue weighted by Crippen LogP contribution is -2.45. The topological polar surface area (TPSA) is 57.5 Å². The molecule has 6 nitrogen and oxygen atoms in total. The minimum absolute atomic E-state index is 0.404. The molecular weight excluding hydrogens is 380 g/mol. The van der Waals surface area contributed by atoms with Crippen LogP contribution in [0.15, 0.2) is 46.1 Å². The second-order valence-electron chi connectivity index (χ2n) is 6.33. The average molecular weight is 405 g/mol. The number of nitrogens with one attached hydrogen (secondary N) is 2. The Morgan fingerprint density at radius 3 is 2.84 bits per heavy atom. The molecule has 2 aromatic rings. The molecule has 7 heteroatoms. The number of hydrogen-bond donors (Lipinski definition) is 2. The number of anilines is 1. The summed E-state index contributed by atoms with van der Waals surface area (Å²) in [4.78, 5) is 6.74. The van der Waals surface area contributed by atoms with E-state index in [2.05, 4.69) is 72.7 Å². The van der Waals surface area contributed by atoms with Crippen LogP contribution < -0.4 is 15.5 Å². The molecule has 2 N–H and O–H groups in total. The van der Waals surface area contributed by atoms with Gasteiger partial charge in [0.25, 0.3) is 0 Å². The molecular formula is C18H25BrN6. The Hall–Kier alpha value is -2.02. The third kappa shape index (κ3) is 4.98. The normalized spacial score (nSPS) is 17.8. The van der Waals surface area contributed by atoms with Crippen molar-refractivity contribution in [1.82, 2.24) is 20.4 Å². The maximum absolute atomic E-state index is 4.34. The Bertz CT molecular complexity index is 709. The fourth-order valence-electron chi connectivity index (χ4n) is 3.03. The van der Waals surface area contributed by atoms with Gasteiger partial charge in [0.15, 0.2) is 5.96 Å². The van der Waals surface area contributed by atoms with Crippen LogP contribution in [0.3, 0.4) is 0 Å². The second kappa shape index (κ2) is 8.38. The van der Waals surface area contributed by atoms with Crippen LogP contribution in [0, 0.1) is 6.92 Å². The molecule has 1 aromatic carbocycles. The van der Waals surface area contributed by atoms with Crippen LogP contribution in [0.4, 0.5) is 5.69 Å². The van der Waals surface area contributed by atoms with Gasteiger partial charge in [-0.1, -0.05) is 15.9 Å². The minimum atomic E-state index is 0.404. The second-order valence-corrected chi connectivity index (χ2v) is 7.25. The summed E-state index contributed by atoms with van der Waals surface area (Å²) >= 11 is 3.49. The smallest absolute Gasteiger partial charge is 0.191 e. The highest BCUT2D eigenvalue weighted by Gasteiger charge is 2.23. The highest BCUT2D eigenvalue weighted by molar-refractivity contribution is 9.10. The molecule has 1 fully saturated rings. The van der Waals surface area contributed by atoms with Gasteiger partial charge >= 0.3 is 0 Å². The van der Waals surface area contributed by atoms with E-state index in [-0.39, 0.29) is 0 Å². The lowest BCUT2D eigenvalue weighted by atomic mass is 10.3. The summed E-state index contributed by atoms with van der Waals surface area (Å²) in [5.41, 5.74) is 2.45. The molecule has 1 aliphatic rings. The number of halogens is 1. The number of aliphatic imine (C=N–C) groups is 1. The van der Waals surface area contributed by atoms with Crippen molar-refractivity contribution in [3.63, 3.8) is 0 Å². The summed E-state index contributed by atoms with van der Waals surface area (Å²) in [7, 11) is 1.81. The van der Waals surface area contributed by atoms with E-state index in [0.29, 0.717) is 6.04 Å². The zero-order chi connectivity index (χ0) is 17.6. The number of rotatable bonds is 5. The predicted octanol–water partition coefficient (Wildman–Crippen LogP) is 2.40. The molecule has 0 spiro atoms. The molecule has 1 aliphatic heterocycles. The van der Waals surface area contributed by atoms with Gasteiger partial charge in [-0.25, -0.2) is 0 Å². The fourth-order valence-corrected chi connectivity index (χ4v) is 3.29. The molecule has 0 saturated carbocycles. The van der Waals surface area contributed by atoms with Crippen LogP contribution in [0.2, 0.25) is 0 Å². The SMILES string of the molecule is CN=C(NCCn1cc(C)cn1)NC1CCN(c2ccc(Br)cc2)C1. The van der Waals surface area contributed by atoms with E-state index < -0.39 is 0 Å². The summed E-state index contributed by atoms with van der Waals surface area (Å²) < 4.78 is 3.06. The van der Waals surface area contributed by atoms with Crippen LogP contribution in [0.5, 0.6) is 0 Å². The number of hydrogen-bond acceptors (Lipinski definition) is 3. The van der Waals surface area contributed by atoms with Crippen molar-refractivity contribution in [1.29, 1.82) is 0 Å². The molecule has 0 radical (unpaired) electrons. The van der Waals surface area contributed by atoms with Gasteiger partial charge in [0.1, 0.15) is 0 Å². The molecule has 0 amide bonds. The Balaban J connectivity index is 1.45. The van der Waals surface area contributed by atoms with E-state index >= 15 is 0 Å². The van der Waals surface area contributed by atoms with E-state index in [9.17, 15) is 0 Å². The molecule has 1 saturated heterocycles. The summed E-state index contributed by atoms with van der Waals surface area (Å²) in [6.07, 6.45) is 5.03. The van der Waals surface area contributed by atoms with Crippen LogP contribution in [0.1, 0.15) is 12.0 Å². The van der Waals surface area contributed by atoms with Crippen molar-refractivity contribution in [3.05, 3.63) is 46.7 Å². The van der Waals surface area contributed by atoms with E-state index in [1.54, 1.807) is 0 Å². The monoisotopic (exact) mass is 404 g/mol. The highest BCUT2D eigenvalue weighted by atomic mass is 79.9. The van der Waals surface area contributed by atoms with Crippen molar-refractivity contribution in [2.75, 3.05) is 31.6 Å². The predicted molar refractivity (Wildman–Crippen MR) is 106 cm³/mol. The van der Waals surface area contributed by atoms with Crippen LogP contribution in [-0.2, 0) is 6.54 Å². The zero-order valence-electron chi connectivity index (χ0n) is 14.7. The minimum Gasteiger partial charge on any atom is -0.369 e. The molecule has 1 aromatic heterocycles. The molecule has 0 bridgehead atoms. The van der Waals surface area contributed by atoms with Crippen molar-refractivity contribution in [2.45, 2.75) is 25.9 Å². The lowest BCUT2D eigenvalue weighted by Gasteiger charge is -2.20. The maximum atomic E-state index is 4.34. The first kappa shape index (κ1) is 17.8. The van der Waals surface area contributed by atoms with Crippen molar-refractivity contribution >= 4 is 27.6 Å². The third-order valence-corrected chi connectivity index (χ3v) is 4.87. The Morgan fingerprint density at radius 1 is 1.36 bits per heavy atom. The number of aromatic nitrogens is 2. The number of benzene rings is 1. The largest absolute Gasteiger partial charge is 0.369 e. The van der Waals surface area contributed by atoms with Crippen LogP contribution >= 0.6 is 15.9 Å². The summed E-state index contributed by atoms with van der Waals surface area (Å²) in [5.74, 6) is 0.853. The number of aryl methyl sites for hydroxylation is 1. The standard InChI is InChI=1S/C18H25BrN6/c1-14-11-22-25(12-14)10-8-21-18(20-2)23-16-7-9-24(13-16)17-5-3-15(19)4-6-17/h3-6,11-12,16H,7-10,13H2,1-2H3,(H2,20,21,23). The fraction of sp³-hybridized carbons (Fsp3) is 0.444. The molecule has 1 unspecified atom stereocenters. The van der Waals surface area contributed by atoms with Gasteiger partial charge in [-0.05, 0) is 43.2 Å². The first-order valence-electron chi connectivity index (χ1n) is 8.61. The molecule has 25 heavy (non-hydrogen) atoms. The van der Waals surface area contributed by atoms with Gasteiger partial charge in [-0.2, -0.15) is 5.10 Å². The quantitative estimate of drug-likeness (QED) is 0.593.